The number of halogens is 1. The number of aryl methyl sites for hydroxylation is 1. The summed E-state index contributed by atoms with van der Waals surface area (Å²) in [5.74, 6) is -0.389. The van der Waals surface area contributed by atoms with Crippen molar-refractivity contribution in [3.63, 3.8) is 0 Å². The highest BCUT2D eigenvalue weighted by atomic mass is 35.5. The van der Waals surface area contributed by atoms with Crippen molar-refractivity contribution < 1.29 is 4.79 Å². The van der Waals surface area contributed by atoms with Gasteiger partial charge in [-0.3, -0.25) is 4.79 Å². The van der Waals surface area contributed by atoms with Crippen LogP contribution in [0.5, 0.6) is 0 Å². The van der Waals surface area contributed by atoms with Crippen LogP contribution in [0.4, 0.5) is 0 Å². The Morgan fingerprint density at radius 2 is 2.30 bits per heavy atom. The summed E-state index contributed by atoms with van der Waals surface area (Å²) >= 11 is 7.73. The van der Waals surface area contributed by atoms with Gasteiger partial charge in [0.25, 0.3) is 0 Å². The van der Waals surface area contributed by atoms with Crippen molar-refractivity contribution in [2.45, 2.75) is 25.4 Å². The summed E-state index contributed by atoms with van der Waals surface area (Å²) in [6.45, 7) is 0.721. The fraction of sp³-hybridized carbons (Fsp3) is 0.267. The highest BCUT2D eigenvalue weighted by Gasteiger charge is 2.24. The Bertz CT molecular complexity index is 653. The van der Waals surface area contributed by atoms with Crippen molar-refractivity contribution >= 4 is 28.8 Å². The van der Waals surface area contributed by atoms with Crippen LogP contribution in [0.1, 0.15) is 38.8 Å². The van der Waals surface area contributed by atoms with E-state index in [4.69, 9.17) is 17.3 Å². The molecule has 1 amide bonds. The highest BCUT2D eigenvalue weighted by Crippen LogP contribution is 2.39. The molecule has 5 heteroatoms. The number of amides is 1. The molecule has 3 N–H and O–H groups in total. The molecule has 0 spiro atoms. The summed E-state index contributed by atoms with van der Waals surface area (Å²) in [6.07, 6.45) is 2.19. The number of hydrogen-bond acceptors (Lipinski definition) is 3. The number of fused-ring (bicyclic) bond motifs is 1. The zero-order chi connectivity index (χ0) is 14.1. The topological polar surface area (TPSA) is 55.1 Å². The van der Waals surface area contributed by atoms with Gasteiger partial charge < -0.3 is 11.1 Å². The van der Waals surface area contributed by atoms with Gasteiger partial charge in [-0.05, 0) is 42.2 Å². The standard InChI is InChI=1S/C15H15ClN2OS/c16-14-7-11-12(4-5-13(11)20-14)18-8-9-2-1-3-10(6-9)15(17)19/h1-3,6-7,12,18H,4-5,8H2,(H2,17,19). The highest BCUT2D eigenvalue weighted by molar-refractivity contribution is 7.16. The van der Waals surface area contributed by atoms with Gasteiger partial charge in [-0.2, -0.15) is 0 Å². The van der Waals surface area contributed by atoms with Crippen LogP contribution in [-0.2, 0) is 13.0 Å². The second kappa shape index (κ2) is 5.56. The zero-order valence-corrected chi connectivity index (χ0v) is 12.4. The number of carbonyl (C=O) groups is 1. The Labute approximate surface area is 126 Å². The largest absolute Gasteiger partial charge is 0.366 e. The van der Waals surface area contributed by atoms with Gasteiger partial charge in [-0.25, -0.2) is 0 Å². The van der Waals surface area contributed by atoms with Gasteiger partial charge in [0.15, 0.2) is 0 Å². The maximum atomic E-state index is 11.2. The lowest BCUT2D eigenvalue weighted by atomic mass is 10.1. The number of benzene rings is 1. The van der Waals surface area contributed by atoms with Gasteiger partial charge in [0.2, 0.25) is 5.91 Å². The van der Waals surface area contributed by atoms with E-state index in [1.54, 1.807) is 17.4 Å². The van der Waals surface area contributed by atoms with E-state index in [1.165, 1.54) is 10.4 Å². The first-order valence-corrected chi connectivity index (χ1v) is 7.73. The molecule has 1 aromatic heterocycles. The van der Waals surface area contributed by atoms with Gasteiger partial charge in [0.1, 0.15) is 0 Å². The number of thiophene rings is 1. The van der Waals surface area contributed by atoms with E-state index in [0.717, 1.165) is 29.3 Å². The lowest BCUT2D eigenvalue weighted by Crippen LogP contribution is -2.19. The molecule has 3 rings (SSSR count). The first kappa shape index (κ1) is 13.6. The summed E-state index contributed by atoms with van der Waals surface area (Å²) in [6, 6.07) is 9.84. The molecule has 2 aromatic rings. The molecule has 1 aliphatic carbocycles. The summed E-state index contributed by atoms with van der Waals surface area (Å²) < 4.78 is 0.859. The van der Waals surface area contributed by atoms with Crippen LogP contribution < -0.4 is 11.1 Å². The van der Waals surface area contributed by atoms with Crippen molar-refractivity contribution in [3.8, 4) is 0 Å². The maximum Gasteiger partial charge on any atom is 0.248 e. The lowest BCUT2D eigenvalue weighted by molar-refractivity contribution is 0.1000. The molecule has 20 heavy (non-hydrogen) atoms. The van der Waals surface area contributed by atoms with Gasteiger partial charge >= 0.3 is 0 Å². The predicted octanol–water partition coefficient (Wildman–Crippen LogP) is 3.28. The van der Waals surface area contributed by atoms with Crippen LogP contribution in [-0.4, -0.2) is 5.91 Å². The van der Waals surface area contributed by atoms with Gasteiger partial charge in [-0.1, -0.05) is 23.7 Å². The summed E-state index contributed by atoms with van der Waals surface area (Å²) in [7, 11) is 0. The van der Waals surface area contributed by atoms with E-state index in [9.17, 15) is 4.79 Å². The average Bonchev–Trinajstić information content (AvgIpc) is 2.96. The molecule has 0 saturated heterocycles. The second-order valence-corrected chi connectivity index (χ2v) is 6.73. The van der Waals surface area contributed by atoms with E-state index >= 15 is 0 Å². The Balaban J connectivity index is 1.68. The van der Waals surface area contributed by atoms with Crippen molar-refractivity contribution in [1.29, 1.82) is 0 Å². The molecule has 104 valence electrons. The Hall–Kier alpha value is -1.36. The monoisotopic (exact) mass is 306 g/mol. The van der Waals surface area contributed by atoms with E-state index in [1.807, 2.05) is 18.2 Å². The third kappa shape index (κ3) is 2.73. The molecule has 0 radical (unpaired) electrons. The van der Waals surface area contributed by atoms with E-state index in [0.29, 0.717) is 11.6 Å². The first-order valence-electron chi connectivity index (χ1n) is 6.54. The SMILES string of the molecule is NC(=O)c1cccc(CNC2CCc3sc(Cl)cc32)c1. The van der Waals surface area contributed by atoms with Crippen molar-refractivity contribution in [2.75, 3.05) is 0 Å². The minimum atomic E-state index is -0.389. The molecular weight excluding hydrogens is 292 g/mol. The third-order valence-electron chi connectivity index (χ3n) is 3.61. The normalized spacial score (nSPS) is 17.1. The van der Waals surface area contributed by atoms with Gasteiger partial charge in [-0.15, -0.1) is 11.3 Å². The lowest BCUT2D eigenvalue weighted by Gasteiger charge is -2.13. The number of rotatable bonds is 4. The van der Waals surface area contributed by atoms with Crippen LogP contribution in [0.25, 0.3) is 0 Å². The van der Waals surface area contributed by atoms with Crippen molar-refractivity contribution in [3.05, 3.63) is 56.2 Å². The minimum absolute atomic E-state index is 0.353. The molecule has 1 atom stereocenters. The molecule has 0 saturated carbocycles. The molecule has 1 heterocycles. The molecule has 0 bridgehead atoms. The van der Waals surface area contributed by atoms with Crippen LogP contribution in [0.3, 0.4) is 0 Å². The van der Waals surface area contributed by atoms with Crippen LogP contribution in [0.15, 0.2) is 30.3 Å². The molecular formula is C15H15ClN2OS. The van der Waals surface area contributed by atoms with E-state index in [2.05, 4.69) is 11.4 Å². The molecule has 3 nitrogen and oxygen atoms in total. The predicted molar refractivity (Wildman–Crippen MR) is 82.2 cm³/mol. The summed E-state index contributed by atoms with van der Waals surface area (Å²) in [5.41, 5.74) is 8.24. The average molecular weight is 307 g/mol. The van der Waals surface area contributed by atoms with E-state index in [-0.39, 0.29) is 5.91 Å². The summed E-state index contributed by atoms with van der Waals surface area (Å²) in [4.78, 5) is 12.6. The third-order valence-corrected chi connectivity index (χ3v) is 4.95. The molecule has 0 fully saturated rings. The quantitative estimate of drug-likeness (QED) is 0.911. The number of carbonyl (C=O) groups excluding carboxylic acids is 1. The van der Waals surface area contributed by atoms with Crippen molar-refractivity contribution in [2.24, 2.45) is 5.73 Å². The Morgan fingerprint density at radius 3 is 3.10 bits per heavy atom. The maximum absolute atomic E-state index is 11.2. The molecule has 1 aromatic carbocycles. The minimum Gasteiger partial charge on any atom is -0.366 e. The van der Waals surface area contributed by atoms with E-state index < -0.39 is 0 Å². The van der Waals surface area contributed by atoms with Crippen LogP contribution in [0.2, 0.25) is 4.34 Å². The number of nitrogens with one attached hydrogen (secondary N) is 1. The Morgan fingerprint density at radius 1 is 1.45 bits per heavy atom. The number of nitrogens with two attached hydrogens (primary N) is 1. The Kier molecular flexibility index (Phi) is 3.78. The zero-order valence-electron chi connectivity index (χ0n) is 10.9. The van der Waals surface area contributed by atoms with Crippen LogP contribution in [0, 0.1) is 0 Å². The van der Waals surface area contributed by atoms with Gasteiger partial charge in [0.05, 0.1) is 4.34 Å². The number of hydrogen-bond donors (Lipinski definition) is 2. The smallest absolute Gasteiger partial charge is 0.248 e. The molecule has 1 aliphatic rings. The second-order valence-electron chi connectivity index (χ2n) is 4.97. The molecule has 0 aliphatic heterocycles. The fourth-order valence-electron chi connectivity index (χ4n) is 2.62. The van der Waals surface area contributed by atoms with Crippen LogP contribution >= 0.6 is 22.9 Å². The van der Waals surface area contributed by atoms with Crippen molar-refractivity contribution in [1.82, 2.24) is 5.32 Å². The first-order chi connectivity index (χ1) is 9.63. The van der Waals surface area contributed by atoms with Gasteiger partial charge in [0, 0.05) is 23.0 Å². The fourth-order valence-corrected chi connectivity index (χ4v) is 3.97. The summed E-state index contributed by atoms with van der Waals surface area (Å²) in [5, 5.41) is 3.53. The molecule has 1 unspecified atom stereocenters. The number of primary amides is 1.